The number of halogens is 1. The van der Waals surface area contributed by atoms with Gasteiger partial charge in [-0.3, -0.25) is 10.00 Å². The van der Waals surface area contributed by atoms with Crippen LogP contribution < -0.4 is 4.74 Å². The Morgan fingerprint density at radius 3 is 2.91 bits per heavy atom. The molecule has 3 rings (SSSR count). The van der Waals surface area contributed by atoms with E-state index < -0.39 is 5.60 Å². The molecule has 6 nitrogen and oxygen atoms in total. The van der Waals surface area contributed by atoms with E-state index in [9.17, 15) is 9.50 Å². The Morgan fingerprint density at radius 2 is 2.17 bits per heavy atom. The smallest absolute Gasteiger partial charge is 0.134 e. The van der Waals surface area contributed by atoms with Gasteiger partial charge in [-0.2, -0.15) is 5.10 Å². The lowest BCUT2D eigenvalue weighted by Gasteiger charge is -2.30. The second-order valence-electron chi connectivity index (χ2n) is 5.81. The number of rotatable bonds is 5. The SMILES string of the molecule is O[C@@]1(COc2ccc(F)cc2)COCCN(Cc2ccn[nH]2)C1. The van der Waals surface area contributed by atoms with Crippen LogP contribution in [-0.2, 0) is 11.3 Å². The largest absolute Gasteiger partial charge is 0.490 e. The highest BCUT2D eigenvalue weighted by atomic mass is 19.1. The molecule has 2 aromatic rings. The number of aromatic nitrogens is 2. The molecule has 0 radical (unpaired) electrons. The van der Waals surface area contributed by atoms with E-state index in [2.05, 4.69) is 15.1 Å². The summed E-state index contributed by atoms with van der Waals surface area (Å²) < 4.78 is 24.0. The monoisotopic (exact) mass is 321 g/mol. The predicted molar refractivity (Wildman–Crippen MR) is 81.5 cm³/mol. The van der Waals surface area contributed by atoms with E-state index in [0.717, 1.165) is 12.2 Å². The fraction of sp³-hybridized carbons (Fsp3) is 0.438. The zero-order valence-corrected chi connectivity index (χ0v) is 12.7. The molecule has 1 aliphatic rings. The van der Waals surface area contributed by atoms with Crippen LogP contribution in [0.2, 0.25) is 0 Å². The van der Waals surface area contributed by atoms with Gasteiger partial charge in [0.2, 0.25) is 0 Å². The van der Waals surface area contributed by atoms with Gasteiger partial charge in [-0.1, -0.05) is 0 Å². The van der Waals surface area contributed by atoms with E-state index in [0.29, 0.717) is 25.4 Å². The fourth-order valence-corrected chi connectivity index (χ4v) is 2.58. The Morgan fingerprint density at radius 1 is 1.35 bits per heavy atom. The summed E-state index contributed by atoms with van der Waals surface area (Å²) in [6.45, 7) is 2.63. The summed E-state index contributed by atoms with van der Waals surface area (Å²) in [5.41, 5.74) is -0.140. The molecule has 23 heavy (non-hydrogen) atoms. The maximum Gasteiger partial charge on any atom is 0.134 e. The van der Waals surface area contributed by atoms with Gasteiger partial charge in [0, 0.05) is 31.5 Å². The van der Waals surface area contributed by atoms with Crippen LogP contribution in [0.5, 0.6) is 5.75 Å². The maximum atomic E-state index is 12.9. The Hall–Kier alpha value is -1.96. The molecule has 0 bridgehead atoms. The van der Waals surface area contributed by atoms with Crippen LogP contribution >= 0.6 is 0 Å². The minimum atomic E-state index is -1.12. The summed E-state index contributed by atoms with van der Waals surface area (Å²) in [6.07, 6.45) is 1.70. The quantitative estimate of drug-likeness (QED) is 0.866. The molecule has 1 saturated heterocycles. The second-order valence-corrected chi connectivity index (χ2v) is 5.81. The zero-order chi connectivity index (χ0) is 16.1. The highest BCUT2D eigenvalue weighted by molar-refractivity contribution is 5.22. The Kier molecular flexibility index (Phi) is 4.90. The van der Waals surface area contributed by atoms with Crippen LogP contribution in [0.1, 0.15) is 5.69 Å². The van der Waals surface area contributed by atoms with Crippen molar-refractivity contribution in [2.24, 2.45) is 0 Å². The van der Waals surface area contributed by atoms with Crippen LogP contribution in [0.15, 0.2) is 36.5 Å². The number of H-pyrrole nitrogens is 1. The third-order valence-corrected chi connectivity index (χ3v) is 3.71. The molecule has 2 heterocycles. The zero-order valence-electron chi connectivity index (χ0n) is 12.7. The van der Waals surface area contributed by atoms with Gasteiger partial charge in [0.1, 0.15) is 23.8 Å². The minimum Gasteiger partial charge on any atom is -0.490 e. The summed E-state index contributed by atoms with van der Waals surface area (Å²) in [5.74, 6) is 0.198. The van der Waals surface area contributed by atoms with Gasteiger partial charge in [-0.15, -0.1) is 0 Å². The highest BCUT2D eigenvalue weighted by Gasteiger charge is 2.33. The first kappa shape index (κ1) is 15.9. The van der Waals surface area contributed by atoms with Crippen LogP contribution in [0.4, 0.5) is 4.39 Å². The number of nitrogens with zero attached hydrogens (tertiary/aromatic N) is 2. The minimum absolute atomic E-state index is 0.0815. The van der Waals surface area contributed by atoms with E-state index in [-0.39, 0.29) is 19.0 Å². The maximum absolute atomic E-state index is 12.9. The average molecular weight is 321 g/mol. The number of nitrogens with one attached hydrogen (secondary N) is 1. The van der Waals surface area contributed by atoms with Crippen molar-refractivity contribution in [1.82, 2.24) is 15.1 Å². The lowest BCUT2D eigenvalue weighted by molar-refractivity contribution is -0.0647. The fourth-order valence-electron chi connectivity index (χ4n) is 2.58. The Labute approximate surface area is 133 Å². The number of β-amino-alcohol motifs (C(OH)–C–C–N with tert-alkyl or cyclic N) is 1. The normalized spacial score (nSPS) is 22.7. The molecule has 1 atom stereocenters. The van der Waals surface area contributed by atoms with Crippen molar-refractivity contribution in [2.45, 2.75) is 12.1 Å². The van der Waals surface area contributed by atoms with E-state index in [1.54, 1.807) is 18.3 Å². The van der Waals surface area contributed by atoms with Gasteiger partial charge >= 0.3 is 0 Å². The highest BCUT2D eigenvalue weighted by Crippen LogP contribution is 2.18. The lowest BCUT2D eigenvalue weighted by atomic mass is 10.1. The van der Waals surface area contributed by atoms with E-state index >= 15 is 0 Å². The molecule has 0 saturated carbocycles. The number of aliphatic hydroxyl groups is 1. The Balaban J connectivity index is 1.60. The van der Waals surface area contributed by atoms with Crippen LogP contribution in [0.25, 0.3) is 0 Å². The molecule has 1 aromatic heterocycles. The third-order valence-electron chi connectivity index (χ3n) is 3.71. The van der Waals surface area contributed by atoms with Gasteiger partial charge < -0.3 is 14.6 Å². The summed E-state index contributed by atoms with van der Waals surface area (Å²) >= 11 is 0. The van der Waals surface area contributed by atoms with Crippen LogP contribution in [0, 0.1) is 5.82 Å². The third kappa shape index (κ3) is 4.51. The molecule has 0 unspecified atom stereocenters. The molecule has 124 valence electrons. The average Bonchev–Trinajstić information content (AvgIpc) is 2.97. The summed E-state index contributed by atoms with van der Waals surface area (Å²) in [5, 5.41) is 17.6. The predicted octanol–water partition coefficient (Wildman–Crippen LogP) is 1.19. The van der Waals surface area contributed by atoms with E-state index in [1.165, 1.54) is 12.1 Å². The summed E-state index contributed by atoms with van der Waals surface area (Å²) in [4.78, 5) is 2.09. The van der Waals surface area contributed by atoms with Crippen LogP contribution in [0.3, 0.4) is 0 Å². The molecule has 2 N–H and O–H groups in total. The van der Waals surface area contributed by atoms with Gasteiger partial charge in [0.05, 0.1) is 13.2 Å². The molecule has 0 amide bonds. The number of benzene rings is 1. The first-order valence-corrected chi connectivity index (χ1v) is 7.52. The summed E-state index contributed by atoms with van der Waals surface area (Å²) in [7, 11) is 0. The van der Waals surface area contributed by atoms with Crippen molar-refractivity contribution < 1.29 is 19.0 Å². The molecule has 0 aliphatic carbocycles. The van der Waals surface area contributed by atoms with Crippen molar-refractivity contribution in [3.05, 3.63) is 48.0 Å². The number of hydrogen-bond acceptors (Lipinski definition) is 5. The molecule has 0 spiro atoms. The van der Waals surface area contributed by atoms with Gasteiger partial charge in [-0.05, 0) is 30.3 Å². The molecular weight excluding hydrogens is 301 g/mol. The van der Waals surface area contributed by atoms with Crippen molar-refractivity contribution in [1.29, 1.82) is 0 Å². The van der Waals surface area contributed by atoms with Gasteiger partial charge in [0.25, 0.3) is 0 Å². The molecular formula is C16H20FN3O3. The number of aromatic amines is 1. The first-order chi connectivity index (χ1) is 11.1. The van der Waals surface area contributed by atoms with E-state index in [1.807, 2.05) is 6.07 Å². The van der Waals surface area contributed by atoms with Crippen LogP contribution in [-0.4, -0.2) is 58.7 Å². The van der Waals surface area contributed by atoms with Crippen molar-refractivity contribution in [3.8, 4) is 5.75 Å². The lowest BCUT2D eigenvalue weighted by Crippen LogP contribution is -2.48. The summed E-state index contributed by atoms with van der Waals surface area (Å²) in [6, 6.07) is 7.64. The Bertz CT molecular complexity index is 606. The molecule has 1 aromatic carbocycles. The topological polar surface area (TPSA) is 70.6 Å². The molecule has 7 heteroatoms. The second kappa shape index (κ2) is 7.08. The standard InChI is InChI=1S/C16H20FN3O3/c17-13-1-3-15(4-2-13)23-12-16(21)10-20(7-8-22-11-16)9-14-5-6-18-19-14/h1-6,21H,7-12H2,(H,18,19)/t16-/m1/s1. The molecule has 1 aliphatic heterocycles. The van der Waals surface area contributed by atoms with Crippen molar-refractivity contribution in [3.63, 3.8) is 0 Å². The van der Waals surface area contributed by atoms with Gasteiger partial charge in [0.15, 0.2) is 0 Å². The van der Waals surface area contributed by atoms with Crippen molar-refractivity contribution in [2.75, 3.05) is 32.9 Å². The number of ether oxygens (including phenoxy) is 2. The van der Waals surface area contributed by atoms with Gasteiger partial charge in [-0.25, -0.2) is 4.39 Å². The van der Waals surface area contributed by atoms with E-state index in [4.69, 9.17) is 9.47 Å². The first-order valence-electron chi connectivity index (χ1n) is 7.52. The number of hydrogen-bond donors (Lipinski definition) is 2. The van der Waals surface area contributed by atoms with Crippen molar-refractivity contribution >= 4 is 0 Å². The molecule has 1 fully saturated rings.